The van der Waals surface area contributed by atoms with E-state index in [9.17, 15) is 4.79 Å². The summed E-state index contributed by atoms with van der Waals surface area (Å²) in [5.41, 5.74) is 0. The molecule has 0 spiro atoms. The highest BCUT2D eigenvalue weighted by Crippen LogP contribution is 2.21. The molecule has 3 heterocycles. The Morgan fingerprint density at radius 1 is 1.40 bits per heavy atom. The lowest BCUT2D eigenvalue weighted by molar-refractivity contribution is 0.0797. The number of hydrogen-bond acceptors (Lipinski definition) is 5. The second kappa shape index (κ2) is 5.32. The lowest BCUT2D eigenvalue weighted by Gasteiger charge is -2.12. The van der Waals surface area contributed by atoms with E-state index in [1.807, 2.05) is 18.7 Å². The quantitative estimate of drug-likeness (QED) is 0.865. The molecule has 2 aromatic heterocycles. The highest BCUT2D eigenvalue weighted by molar-refractivity contribution is 7.16. The van der Waals surface area contributed by atoms with E-state index < -0.39 is 0 Å². The molecule has 106 valence electrons. The van der Waals surface area contributed by atoms with E-state index in [1.54, 1.807) is 10.9 Å². The van der Waals surface area contributed by atoms with Crippen LogP contribution in [0.15, 0.2) is 6.20 Å². The number of rotatable bonds is 3. The summed E-state index contributed by atoms with van der Waals surface area (Å²) in [6.07, 6.45) is 4.63. The van der Waals surface area contributed by atoms with E-state index in [2.05, 4.69) is 15.1 Å². The standard InChI is InChI=1S/C13H17N5OS/c1-3-11-15-9(2)16-18(11)13-14-8-10(20-13)12(19)17-6-4-5-7-17/h8H,3-7H2,1-2H3. The van der Waals surface area contributed by atoms with Gasteiger partial charge >= 0.3 is 0 Å². The van der Waals surface area contributed by atoms with Gasteiger partial charge < -0.3 is 4.90 Å². The van der Waals surface area contributed by atoms with Crippen LogP contribution in [0.5, 0.6) is 0 Å². The summed E-state index contributed by atoms with van der Waals surface area (Å²) in [5, 5.41) is 5.06. The minimum Gasteiger partial charge on any atom is -0.338 e. The van der Waals surface area contributed by atoms with E-state index >= 15 is 0 Å². The van der Waals surface area contributed by atoms with Crippen molar-refractivity contribution in [1.82, 2.24) is 24.6 Å². The van der Waals surface area contributed by atoms with Gasteiger partial charge in [0.25, 0.3) is 5.91 Å². The number of nitrogens with zero attached hydrogens (tertiary/aromatic N) is 5. The number of carbonyl (C=O) groups is 1. The molecule has 0 radical (unpaired) electrons. The molecule has 1 aliphatic heterocycles. The molecule has 1 fully saturated rings. The lowest BCUT2D eigenvalue weighted by Crippen LogP contribution is -2.26. The van der Waals surface area contributed by atoms with E-state index in [0.29, 0.717) is 10.0 Å². The van der Waals surface area contributed by atoms with Crippen LogP contribution in [0.1, 0.15) is 41.1 Å². The average Bonchev–Trinajstić information content (AvgIpc) is 3.17. The van der Waals surface area contributed by atoms with E-state index in [-0.39, 0.29) is 5.91 Å². The summed E-state index contributed by atoms with van der Waals surface area (Å²) < 4.78 is 1.74. The Bertz CT molecular complexity index is 626. The third-order valence-electron chi connectivity index (χ3n) is 3.38. The van der Waals surface area contributed by atoms with Gasteiger partial charge in [-0.2, -0.15) is 4.68 Å². The van der Waals surface area contributed by atoms with Crippen molar-refractivity contribution in [2.75, 3.05) is 13.1 Å². The number of aryl methyl sites for hydroxylation is 2. The molecule has 0 unspecified atom stereocenters. The molecule has 0 N–H and O–H groups in total. The SMILES string of the molecule is CCc1nc(C)nn1-c1ncc(C(=O)N2CCCC2)s1. The number of carbonyl (C=O) groups excluding carboxylic acids is 1. The number of likely N-dealkylation sites (tertiary alicyclic amines) is 1. The molecule has 0 aliphatic carbocycles. The van der Waals surface area contributed by atoms with Gasteiger partial charge in [-0.3, -0.25) is 4.79 Å². The van der Waals surface area contributed by atoms with E-state index in [1.165, 1.54) is 11.3 Å². The van der Waals surface area contributed by atoms with Crippen molar-refractivity contribution in [3.8, 4) is 5.13 Å². The Morgan fingerprint density at radius 3 is 2.85 bits per heavy atom. The minimum absolute atomic E-state index is 0.0844. The summed E-state index contributed by atoms with van der Waals surface area (Å²) in [7, 11) is 0. The van der Waals surface area contributed by atoms with Crippen LogP contribution in [-0.2, 0) is 6.42 Å². The van der Waals surface area contributed by atoms with Crippen LogP contribution >= 0.6 is 11.3 Å². The maximum absolute atomic E-state index is 12.3. The van der Waals surface area contributed by atoms with Gasteiger partial charge in [-0.05, 0) is 19.8 Å². The number of amides is 1. The highest BCUT2D eigenvalue weighted by Gasteiger charge is 2.22. The molecule has 0 bridgehead atoms. The zero-order chi connectivity index (χ0) is 14.1. The first-order valence-electron chi connectivity index (χ1n) is 6.87. The molecule has 6 nitrogen and oxygen atoms in total. The van der Waals surface area contributed by atoms with Crippen molar-refractivity contribution in [2.24, 2.45) is 0 Å². The van der Waals surface area contributed by atoms with Crippen LogP contribution in [0.3, 0.4) is 0 Å². The topological polar surface area (TPSA) is 63.9 Å². The Kier molecular flexibility index (Phi) is 3.52. The molecule has 2 aromatic rings. The van der Waals surface area contributed by atoms with E-state index in [4.69, 9.17) is 0 Å². The molecule has 3 rings (SSSR count). The summed E-state index contributed by atoms with van der Waals surface area (Å²) in [6.45, 7) is 5.60. The largest absolute Gasteiger partial charge is 0.338 e. The van der Waals surface area contributed by atoms with Crippen LogP contribution in [0.25, 0.3) is 5.13 Å². The zero-order valence-electron chi connectivity index (χ0n) is 11.7. The third-order valence-corrected chi connectivity index (χ3v) is 4.34. The number of hydrogen-bond donors (Lipinski definition) is 0. The zero-order valence-corrected chi connectivity index (χ0v) is 12.5. The molecule has 20 heavy (non-hydrogen) atoms. The molecule has 0 saturated carbocycles. The molecule has 1 saturated heterocycles. The van der Waals surface area contributed by atoms with Crippen LogP contribution < -0.4 is 0 Å². The Morgan fingerprint density at radius 2 is 2.15 bits per heavy atom. The monoisotopic (exact) mass is 291 g/mol. The summed E-state index contributed by atoms with van der Waals surface area (Å²) >= 11 is 1.38. The van der Waals surface area contributed by atoms with Crippen LogP contribution in [0.2, 0.25) is 0 Å². The first kappa shape index (κ1) is 13.2. The molecular weight excluding hydrogens is 274 g/mol. The third kappa shape index (κ3) is 2.33. The summed E-state index contributed by atoms with van der Waals surface area (Å²) in [6, 6.07) is 0. The minimum atomic E-state index is 0.0844. The van der Waals surface area contributed by atoms with Gasteiger partial charge in [0.05, 0.1) is 6.20 Å². The average molecular weight is 291 g/mol. The van der Waals surface area contributed by atoms with Gasteiger partial charge in [0, 0.05) is 19.5 Å². The van der Waals surface area contributed by atoms with Crippen molar-refractivity contribution in [2.45, 2.75) is 33.1 Å². The van der Waals surface area contributed by atoms with Gasteiger partial charge in [0.15, 0.2) is 0 Å². The smallest absolute Gasteiger partial charge is 0.265 e. The molecule has 7 heteroatoms. The Balaban J connectivity index is 1.87. The highest BCUT2D eigenvalue weighted by atomic mass is 32.1. The molecule has 0 aromatic carbocycles. The van der Waals surface area contributed by atoms with Gasteiger partial charge in [-0.1, -0.05) is 18.3 Å². The van der Waals surface area contributed by atoms with Gasteiger partial charge in [0.1, 0.15) is 16.5 Å². The van der Waals surface area contributed by atoms with Crippen molar-refractivity contribution >= 4 is 17.2 Å². The van der Waals surface area contributed by atoms with Crippen LogP contribution in [0.4, 0.5) is 0 Å². The molecule has 1 amide bonds. The van der Waals surface area contributed by atoms with Crippen molar-refractivity contribution < 1.29 is 4.79 Å². The normalized spacial score (nSPS) is 15.0. The number of aromatic nitrogens is 4. The number of thiazole rings is 1. The van der Waals surface area contributed by atoms with Gasteiger partial charge in [0.2, 0.25) is 5.13 Å². The predicted molar refractivity (Wildman–Crippen MR) is 76.3 cm³/mol. The summed E-state index contributed by atoms with van der Waals surface area (Å²) in [4.78, 5) is 23.6. The Hall–Kier alpha value is -1.76. The summed E-state index contributed by atoms with van der Waals surface area (Å²) in [5.74, 6) is 1.68. The van der Waals surface area contributed by atoms with Gasteiger partial charge in [-0.15, -0.1) is 5.10 Å². The fourth-order valence-corrected chi connectivity index (χ4v) is 3.24. The first-order valence-corrected chi connectivity index (χ1v) is 7.68. The molecular formula is C13H17N5OS. The maximum atomic E-state index is 12.3. The second-order valence-electron chi connectivity index (χ2n) is 4.85. The second-order valence-corrected chi connectivity index (χ2v) is 5.86. The van der Waals surface area contributed by atoms with Crippen LogP contribution in [-0.4, -0.2) is 43.6 Å². The predicted octanol–water partition coefficient (Wildman–Crippen LogP) is 1.83. The lowest BCUT2D eigenvalue weighted by atomic mass is 10.4. The van der Waals surface area contributed by atoms with Crippen molar-refractivity contribution in [3.05, 3.63) is 22.7 Å². The maximum Gasteiger partial charge on any atom is 0.265 e. The fourth-order valence-electron chi connectivity index (χ4n) is 2.38. The van der Waals surface area contributed by atoms with Crippen molar-refractivity contribution in [3.63, 3.8) is 0 Å². The first-order chi connectivity index (χ1) is 9.69. The van der Waals surface area contributed by atoms with Gasteiger partial charge in [-0.25, -0.2) is 9.97 Å². The molecule has 0 atom stereocenters. The Labute approximate surface area is 121 Å². The van der Waals surface area contributed by atoms with E-state index in [0.717, 1.165) is 44.0 Å². The van der Waals surface area contributed by atoms with Crippen molar-refractivity contribution in [1.29, 1.82) is 0 Å². The molecule has 1 aliphatic rings. The van der Waals surface area contributed by atoms with Crippen LogP contribution in [0, 0.1) is 6.92 Å². The fraction of sp³-hybridized carbons (Fsp3) is 0.538.